The third-order valence-electron chi connectivity index (χ3n) is 2.58. The normalized spacial score (nSPS) is 10.6. The molecule has 0 bridgehead atoms. The first-order chi connectivity index (χ1) is 8.70. The summed E-state index contributed by atoms with van der Waals surface area (Å²) in [6, 6.07) is 5.68. The van der Waals surface area contributed by atoms with E-state index in [-0.39, 0.29) is 0 Å². The van der Waals surface area contributed by atoms with Crippen molar-refractivity contribution in [3.05, 3.63) is 46.7 Å². The van der Waals surface area contributed by atoms with Crippen molar-refractivity contribution >= 4 is 11.6 Å². The van der Waals surface area contributed by atoms with Gasteiger partial charge in [-0.05, 0) is 19.2 Å². The predicted octanol–water partition coefficient (Wildman–Crippen LogP) is 2.37. The molecule has 1 aromatic carbocycles. The van der Waals surface area contributed by atoms with E-state index in [1.54, 1.807) is 10.9 Å². The molecule has 5 heteroatoms. The van der Waals surface area contributed by atoms with Gasteiger partial charge in [0, 0.05) is 35.9 Å². The van der Waals surface area contributed by atoms with Crippen LogP contribution in [0, 0.1) is 0 Å². The van der Waals surface area contributed by atoms with Gasteiger partial charge < -0.3 is 10.1 Å². The molecule has 1 aromatic heterocycles. The Morgan fingerprint density at radius 2 is 2.28 bits per heavy atom. The van der Waals surface area contributed by atoms with E-state index in [2.05, 4.69) is 10.4 Å². The van der Waals surface area contributed by atoms with Crippen LogP contribution >= 0.6 is 11.6 Å². The minimum Gasteiger partial charge on any atom is -0.488 e. The highest BCUT2D eigenvalue weighted by molar-refractivity contribution is 6.31. The Morgan fingerprint density at radius 1 is 1.44 bits per heavy atom. The second kappa shape index (κ2) is 5.89. The van der Waals surface area contributed by atoms with Crippen LogP contribution in [0.4, 0.5) is 0 Å². The second-order valence-corrected chi connectivity index (χ2v) is 4.46. The van der Waals surface area contributed by atoms with E-state index in [1.165, 1.54) is 0 Å². The Bertz CT molecular complexity index is 525. The topological polar surface area (TPSA) is 39.1 Å². The van der Waals surface area contributed by atoms with Crippen molar-refractivity contribution in [2.24, 2.45) is 7.05 Å². The fourth-order valence-corrected chi connectivity index (χ4v) is 1.96. The van der Waals surface area contributed by atoms with Crippen LogP contribution in [-0.2, 0) is 20.2 Å². The minimum absolute atomic E-state index is 0.491. The molecule has 2 rings (SSSR count). The van der Waals surface area contributed by atoms with Gasteiger partial charge in [-0.3, -0.25) is 4.68 Å². The molecule has 18 heavy (non-hydrogen) atoms. The molecule has 0 aliphatic heterocycles. The quantitative estimate of drug-likeness (QED) is 0.902. The summed E-state index contributed by atoms with van der Waals surface area (Å²) >= 11 is 6.16. The van der Waals surface area contributed by atoms with E-state index < -0.39 is 0 Å². The lowest BCUT2D eigenvalue weighted by Crippen LogP contribution is -2.08. The maximum absolute atomic E-state index is 6.16. The number of halogens is 1. The summed E-state index contributed by atoms with van der Waals surface area (Å²) in [5, 5.41) is 7.91. The summed E-state index contributed by atoms with van der Waals surface area (Å²) < 4.78 is 7.55. The summed E-state index contributed by atoms with van der Waals surface area (Å²) in [5.41, 5.74) is 2.01. The highest BCUT2D eigenvalue weighted by Crippen LogP contribution is 2.26. The SMILES string of the molecule is CNCc1c(Cl)cccc1OCc1cnn(C)c1. The van der Waals surface area contributed by atoms with Crippen molar-refractivity contribution in [3.8, 4) is 5.75 Å². The summed E-state index contributed by atoms with van der Waals surface area (Å²) in [6.07, 6.45) is 3.73. The average Bonchev–Trinajstić information content (AvgIpc) is 2.76. The first-order valence-corrected chi connectivity index (χ1v) is 6.11. The molecule has 0 aliphatic carbocycles. The van der Waals surface area contributed by atoms with Gasteiger partial charge in [0.1, 0.15) is 12.4 Å². The Balaban J connectivity index is 2.11. The van der Waals surface area contributed by atoms with E-state index in [9.17, 15) is 0 Å². The van der Waals surface area contributed by atoms with Gasteiger partial charge in [0.2, 0.25) is 0 Å². The van der Waals surface area contributed by atoms with Crippen LogP contribution in [0.25, 0.3) is 0 Å². The number of aryl methyl sites for hydroxylation is 1. The van der Waals surface area contributed by atoms with Crippen molar-refractivity contribution < 1.29 is 4.74 Å². The van der Waals surface area contributed by atoms with E-state index in [1.807, 2.05) is 38.5 Å². The first-order valence-electron chi connectivity index (χ1n) is 5.73. The number of rotatable bonds is 5. The smallest absolute Gasteiger partial charge is 0.125 e. The zero-order chi connectivity index (χ0) is 13.0. The molecule has 0 fully saturated rings. The number of nitrogens with one attached hydrogen (secondary N) is 1. The van der Waals surface area contributed by atoms with E-state index in [0.717, 1.165) is 16.9 Å². The lowest BCUT2D eigenvalue weighted by atomic mass is 10.2. The fourth-order valence-electron chi connectivity index (χ4n) is 1.73. The van der Waals surface area contributed by atoms with Gasteiger partial charge >= 0.3 is 0 Å². The van der Waals surface area contributed by atoms with Gasteiger partial charge in [-0.2, -0.15) is 5.10 Å². The molecular formula is C13H16ClN3O. The number of aromatic nitrogens is 2. The molecule has 2 aromatic rings. The summed E-state index contributed by atoms with van der Waals surface area (Å²) in [4.78, 5) is 0. The Morgan fingerprint density at radius 3 is 2.94 bits per heavy atom. The molecule has 0 radical (unpaired) electrons. The maximum atomic E-state index is 6.16. The van der Waals surface area contributed by atoms with E-state index in [4.69, 9.17) is 16.3 Å². The Labute approximate surface area is 112 Å². The van der Waals surface area contributed by atoms with Crippen LogP contribution in [0.1, 0.15) is 11.1 Å². The fraction of sp³-hybridized carbons (Fsp3) is 0.308. The molecule has 1 heterocycles. The molecule has 0 saturated carbocycles. The lowest BCUT2D eigenvalue weighted by molar-refractivity contribution is 0.302. The average molecular weight is 266 g/mol. The van der Waals surface area contributed by atoms with E-state index >= 15 is 0 Å². The highest BCUT2D eigenvalue weighted by atomic mass is 35.5. The van der Waals surface area contributed by atoms with Gasteiger partial charge in [-0.1, -0.05) is 17.7 Å². The number of ether oxygens (including phenoxy) is 1. The molecule has 0 spiro atoms. The van der Waals surface area contributed by atoms with Gasteiger partial charge in [0.15, 0.2) is 0 Å². The van der Waals surface area contributed by atoms with Gasteiger partial charge in [0.05, 0.1) is 6.20 Å². The highest BCUT2D eigenvalue weighted by Gasteiger charge is 2.08. The van der Waals surface area contributed by atoms with Crippen LogP contribution in [0.2, 0.25) is 5.02 Å². The van der Waals surface area contributed by atoms with Crippen LogP contribution < -0.4 is 10.1 Å². The molecule has 4 nitrogen and oxygen atoms in total. The molecule has 1 N–H and O–H groups in total. The van der Waals surface area contributed by atoms with Gasteiger partial charge in [0.25, 0.3) is 0 Å². The molecule has 0 atom stereocenters. The van der Waals surface area contributed by atoms with Crippen molar-refractivity contribution in [3.63, 3.8) is 0 Å². The number of hydrogen-bond acceptors (Lipinski definition) is 3. The number of benzene rings is 1. The standard InChI is InChI=1S/C13H16ClN3O/c1-15-7-11-12(14)4-3-5-13(11)18-9-10-6-16-17(2)8-10/h3-6,8,15H,7,9H2,1-2H3. The summed E-state index contributed by atoms with van der Waals surface area (Å²) in [7, 11) is 3.77. The zero-order valence-corrected chi connectivity index (χ0v) is 11.2. The van der Waals surface area contributed by atoms with E-state index in [0.29, 0.717) is 18.2 Å². The Kier molecular flexibility index (Phi) is 4.23. The monoisotopic (exact) mass is 265 g/mol. The van der Waals surface area contributed by atoms with Crippen LogP contribution in [0.3, 0.4) is 0 Å². The van der Waals surface area contributed by atoms with Crippen LogP contribution in [0.15, 0.2) is 30.6 Å². The van der Waals surface area contributed by atoms with Gasteiger partial charge in [-0.15, -0.1) is 0 Å². The first kappa shape index (κ1) is 12.9. The molecule has 0 unspecified atom stereocenters. The van der Waals surface area contributed by atoms with Crippen LogP contribution in [-0.4, -0.2) is 16.8 Å². The molecule has 0 aliphatic rings. The van der Waals surface area contributed by atoms with Crippen molar-refractivity contribution in [1.82, 2.24) is 15.1 Å². The maximum Gasteiger partial charge on any atom is 0.125 e. The molecule has 96 valence electrons. The van der Waals surface area contributed by atoms with Crippen LogP contribution in [0.5, 0.6) is 5.75 Å². The van der Waals surface area contributed by atoms with Gasteiger partial charge in [-0.25, -0.2) is 0 Å². The largest absolute Gasteiger partial charge is 0.488 e. The van der Waals surface area contributed by atoms with Crippen molar-refractivity contribution in [2.75, 3.05) is 7.05 Å². The second-order valence-electron chi connectivity index (χ2n) is 4.06. The summed E-state index contributed by atoms with van der Waals surface area (Å²) in [6.45, 7) is 1.17. The van der Waals surface area contributed by atoms with Crippen molar-refractivity contribution in [1.29, 1.82) is 0 Å². The Hall–Kier alpha value is -1.52. The molecular weight excluding hydrogens is 250 g/mol. The summed E-state index contributed by atoms with van der Waals surface area (Å²) in [5.74, 6) is 0.806. The molecule has 0 saturated heterocycles. The predicted molar refractivity (Wildman–Crippen MR) is 71.8 cm³/mol. The third-order valence-corrected chi connectivity index (χ3v) is 2.94. The minimum atomic E-state index is 0.491. The zero-order valence-electron chi connectivity index (χ0n) is 10.5. The number of hydrogen-bond donors (Lipinski definition) is 1. The van der Waals surface area contributed by atoms with Crippen molar-refractivity contribution in [2.45, 2.75) is 13.2 Å². The third kappa shape index (κ3) is 3.03. The molecule has 0 amide bonds. The number of nitrogens with zero attached hydrogens (tertiary/aromatic N) is 2. The lowest BCUT2D eigenvalue weighted by Gasteiger charge is -2.12.